The molecule has 0 atom stereocenters. The van der Waals surface area contributed by atoms with Crippen LogP contribution in [0, 0.1) is 0 Å². The van der Waals surface area contributed by atoms with Crippen LogP contribution >= 0.6 is 11.3 Å². The summed E-state index contributed by atoms with van der Waals surface area (Å²) in [7, 11) is 0. The van der Waals surface area contributed by atoms with E-state index in [1.807, 2.05) is 11.0 Å². The summed E-state index contributed by atoms with van der Waals surface area (Å²) in [6.07, 6.45) is 4.14. The standard InChI is InChI=1S/C15H18N2O3S/c18-15(14-3-7-16-20-14)17(12-5-9-19-10-6-12)8-4-13-2-1-11-21-13/h1-3,7,11-12H,4-6,8-10H2. The van der Waals surface area contributed by atoms with Gasteiger partial charge in [-0.25, -0.2) is 0 Å². The van der Waals surface area contributed by atoms with Crippen LogP contribution in [0.25, 0.3) is 0 Å². The molecule has 0 saturated carbocycles. The predicted octanol–water partition coefficient (Wildman–Crippen LogP) is 2.60. The predicted molar refractivity (Wildman–Crippen MR) is 79.4 cm³/mol. The van der Waals surface area contributed by atoms with Gasteiger partial charge in [-0.3, -0.25) is 4.79 Å². The fourth-order valence-corrected chi connectivity index (χ4v) is 3.30. The Morgan fingerprint density at radius 3 is 2.90 bits per heavy atom. The van der Waals surface area contributed by atoms with Crippen molar-refractivity contribution in [2.75, 3.05) is 19.8 Å². The van der Waals surface area contributed by atoms with Crippen LogP contribution < -0.4 is 0 Å². The first-order chi connectivity index (χ1) is 10.3. The third-order valence-corrected chi connectivity index (χ3v) is 4.66. The minimum atomic E-state index is -0.0732. The monoisotopic (exact) mass is 306 g/mol. The van der Waals surface area contributed by atoms with Gasteiger partial charge in [0.05, 0.1) is 6.20 Å². The number of aromatic nitrogens is 1. The fourth-order valence-electron chi connectivity index (χ4n) is 2.60. The molecular formula is C15H18N2O3S. The Morgan fingerprint density at radius 1 is 1.38 bits per heavy atom. The van der Waals surface area contributed by atoms with Gasteiger partial charge in [0.1, 0.15) is 0 Å². The first-order valence-corrected chi connectivity index (χ1v) is 8.04. The summed E-state index contributed by atoms with van der Waals surface area (Å²) >= 11 is 1.72. The highest BCUT2D eigenvalue weighted by Crippen LogP contribution is 2.19. The molecule has 6 heteroatoms. The summed E-state index contributed by atoms with van der Waals surface area (Å²) in [5.41, 5.74) is 0. The number of amides is 1. The van der Waals surface area contributed by atoms with Crippen molar-refractivity contribution in [3.8, 4) is 0 Å². The van der Waals surface area contributed by atoms with E-state index >= 15 is 0 Å². The molecule has 0 aromatic carbocycles. The van der Waals surface area contributed by atoms with Crippen LogP contribution in [0.15, 0.2) is 34.3 Å². The van der Waals surface area contributed by atoms with Crippen LogP contribution in [0.3, 0.4) is 0 Å². The largest absolute Gasteiger partial charge is 0.381 e. The van der Waals surface area contributed by atoms with Crippen LogP contribution in [0.1, 0.15) is 28.3 Å². The SMILES string of the molecule is O=C(c1ccno1)N(CCc1cccs1)C1CCOCC1. The van der Waals surface area contributed by atoms with Crippen LogP contribution in [0.4, 0.5) is 0 Å². The van der Waals surface area contributed by atoms with Crippen molar-refractivity contribution in [3.63, 3.8) is 0 Å². The summed E-state index contributed by atoms with van der Waals surface area (Å²) in [5.74, 6) is 0.239. The molecule has 2 aromatic heterocycles. The van der Waals surface area contributed by atoms with E-state index in [4.69, 9.17) is 9.26 Å². The van der Waals surface area contributed by atoms with Crippen molar-refractivity contribution in [1.29, 1.82) is 0 Å². The average Bonchev–Trinajstić information content (AvgIpc) is 3.22. The molecule has 0 spiro atoms. The minimum absolute atomic E-state index is 0.0732. The highest BCUT2D eigenvalue weighted by Gasteiger charge is 2.28. The molecule has 21 heavy (non-hydrogen) atoms. The number of hydrogen-bond donors (Lipinski definition) is 0. The molecule has 0 N–H and O–H groups in total. The van der Waals surface area contributed by atoms with Gasteiger partial charge in [0.2, 0.25) is 5.76 Å². The van der Waals surface area contributed by atoms with E-state index in [2.05, 4.69) is 16.6 Å². The second kappa shape index (κ2) is 6.87. The Morgan fingerprint density at radius 2 is 2.24 bits per heavy atom. The zero-order valence-electron chi connectivity index (χ0n) is 11.7. The number of ether oxygens (including phenoxy) is 1. The van der Waals surface area contributed by atoms with Gasteiger partial charge in [-0.05, 0) is 30.7 Å². The van der Waals surface area contributed by atoms with Crippen molar-refractivity contribution in [2.45, 2.75) is 25.3 Å². The first kappa shape index (κ1) is 14.3. The molecule has 1 amide bonds. The van der Waals surface area contributed by atoms with Gasteiger partial charge in [-0.2, -0.15) is 0 Å². The molecule has 3 heterocycles. The van der Waals surface area contributed by atoms with Crippen LogP contribution in [-0.2, 0) is 11.2 Å². The second-order valence-electron chi connectivity index (χ2n) is 5.05. The molecule has 2 aromatic rings. The Kier molecular flexibility index (Phi) is 4.67. The highest BCUT2D eigenvalue weighted by molar-refractivity contribution is 7.09. The molecule has 5 nitrogen and oxygen atoms in total. The van der Waals surface area contributed by atoms with Crippen LogP contribution in [0.2, 0.25) is 0 Å². The summed E-state index contributed by atoms with van der Waals surface area (Å²) in [6, 6.07) is 5.99. The van der Waals surface area contributed by atoms with Gasteiger partial charge in [-0.15, -0.1) is 11.3 Å². The smallest absolute Gasteiger partial charge is 0.292 e. The maximum Gasteiger partial charge on any atom is 0.292 e. The minimum Gasteiger partial charge on any atom is -0.381 e. The average molecular weight is 306 g/mol. The third kappa shape index (κ3) is 3.51. The topological polar surface area (TPSA) is 55.6 Å². The number of carbonyl (C=O) groups excluding carboxylic acids is 1. The van der Waals surface area contributed by atoms with E-state index in [-0.39, 0.29) is 11.9 Å². The van der Waals surface area contributed by atoms with Gasteiger partial charge in [-0.1, -0.05) is 11.2 Å². The Labute approximate surface area is 127 Å². The number of rotatable bonds is 5. The summed E-state index contributed by atoms with van der Waals surface area (Å²) < 4.78 is 10.4. The molecule has 3 rings (SSSR count). The van der Waals surface area contributed by atoms with E-state index in [9.17, 15) is 4.79 Å². The van der Waals surface area contributed by atoms with Crippen LogP contribution in [0.5, 0.6) is 0 Å². The van der Waals surface area contributed by atoms with Crippen molar-refractivity contribution in [2.24, 2.45) is 0 Å². The van der Waals surface area contributed by atoms with E-state index in [1.54, 1.807) is 17.4 Å². The summed E-state index contributed by atoms with van der Waals surface area (Å²) in [5, 5.41) is 5.70. The lowest BCUT2D eigenvalue weighted by atomic mass is 10.1. The normalized spacial score (nSPS) is 16.0. The Hall–Kier alpha value is -1.66. The zero-order valence-corrected chi connectivity index (χ0v) is 12.6. The van der Waals surface area contributed by atoms with Crippen LogP contribution in [-0.4, -0.2) is 41.8 Å². The molecule has 1 aliphatic rings. The summed E-state index contributed by atoms with van der Waals surface area (Å²) in [6.45, 7) is 2.12. The molecule has 0 aliphatic carbocycles. The van der Waals surface area contributed by atoms with Gasteiger partial charge in [0, 0.05) is 36.7 Å². The lowest BCUT2D eigenvalue weighted by Crippen LogP contribution is -2.44. The number of nitrogens with zero attached hydrogens (tertiary/aromatic N) is 2. The maximum atomic E-state index is 12.6. The molecule has 1 aliphatic heterocycles. The van der Waals surface area contributed by atoms with Gasteiger partial charge < -0.3 is 14.2 Å². The Bertz CT molecular complexity index is 548. The number of hydrogen-bond acceptors (Lipinski definition) is 5. The van der Waals surface area contributed by atoms with E-state index in [0.717, 1.165) is 19.3 Å². The van der Waals surface area contributed by atoms with E-state index in [1.165, 1.54) is 11.1 Å². The van der Waals surface area contributed by atoms with Crippen molar-refractivity contribution >= 4 is 17.2 Å². The van der Waals surface area contributed by atoms with Gasteiger partial charge in [0.15, 0.2) is 0 Å². The number of carbonyl (C=O) groups is 1. The van der Waals surface area contributed by atoms with Crippen molar-refractivity contribution in [3.05, 3.63) is 40.4 Å². The quantitative estimate of drug-likeness (QED) is 0.852. The lowest BCUT2D eigenvalue weighted by molar-refractivity contribution is 0.0271. The van der Waals surface area contributed by atoms with E-state index < -0.39 is 0 Å². The van der Waals surface area contributed by atoms with Gasteiger partial charge >= 0.3 is 0 Å². The van der Waals surface area contributed by atoms with Crippen molar-refractivity contribution in [1.82, 2.24) is 10.1 Å². The molecular weight excluding hydrogens is 288 g/mol. The zero-order chi connectivity index (χ0) is 14.5. The summed E-state index contributed by atoms with van der Waals surface area (Å²) in [4.78, 5) is 15.8. The highest BCUT2D eigenvalue weighted by atomic mass is 32.1. The molecule has 1 fully saturated rings. The second-order valence-corrected chi connectivity index (χ2v) is 6.08. The fraction of sp³-hybridized carbons (Fsp3) is 0.467. The molecule has 0 unspecified atom stereocenters. The lowest BCUT2D eigenvalue weighted by Gasteiger charge is -2.33. The maximum absolute atomic E-state index is 12.6. The van der Waals surface area contributed by atoms with E-state index in [0.29, 0.717) is 25.5 Å². The molecule has 0 bridgehead atoms. The molecule has 1 saturated heterocycles. The van der Waals surface area contributed by atoms with Gasteiger partial charge in [0.25, 0.3) is 5.91 Å². The van der Waals surface area contributed by atoms with Crippen molar-refractivity contribution < 1.29 is 14.1 Å². The number of thiophene rings is 1. The first-order valence-electron chi connectivity index (χ1n) is 7.16. The molecule has 112 valence electrons. The molecule has 0 radical (unpaired) electrons. The third-order valence-electron chi connectivity index (χ3n) is 3.72. The Balaban J connectivity index is 1.71.